The van der Waals surface area contributed by atoms with E-state index < -0.39 is 17.7 Å². The van der Waals surface area contributed by atoms with Gasteiger partial charge in [-0.15, -0.1) is 11.3 Å². The topological polar surface area (TPSA) is 137 Å². The molecule has 2 aliphatic rings. The highest BCUT2D eigenvalue weighted by atomic mass is 32.1. The number of anilines is 2. The van der Waals surface area contributed by atoms with E-state index in [0.29, 0.717) is 24.1 Å². The molecule has 0 spiro atoms. The molecule has 182 valence electrons. The number of nitrogens with zero attached hydrogens (tertiary/aromatic N) is 3. The Kier molecular flexibility index (Phi) is 7.87. The lowest BCUT2D eigenvalue weighted by Crippen LogP contribution is -2.32. The predicted octanol–water partition coefficient (Wildman–Crippen LogP) is 3.00. The third-order valence-electron chi connectivity index (χ3n) is 6.65. The molecule has 2 aromatic heterocycles. The van der Waals surface area contributed by atoms with Gasteiger partial charge in [0.2, 0.25) is 5.95 Å². The number of thiazole rings is 1. The third-order valence-corrected chi connectivity index (χ3v) is 7.71. The molecule has 3 aromatic rings. The summed E-state index contributed by atoms with van der Waals surface area (Å²) >= 11 is 0.873. The highest BCUT2D eigenvalue weighted by Gasteiger charge is 2.40. The fraction of sp³-hybridized carbons (Fsp3) is 0.522. The molecule has 0 radical (unpaired) electrons. The van der Waals surface area contributed by atoms with Crippen LogP contribution in [0.4, 0.5) is 11.8 Å². The van der Waals surface area contributed by atoms with Crippen molar-refractivity contribution in [1.82, 2.24) is 15.0 Å². The average Bonchev–Trinajstić information content (AvgIpc) is 3.49. The van der Waals surface area contributed by atoms with Gasteiger partial charge in [0, 0.05) is 13.2 Å². The van der Waals surface area contributed by atoms with E-state index in [1.54, 1.807) is 11.3 Å². The van der Waals surface area contributed by atoms with Crippen LogP contribution in [0.3, 0.4) is 0 Å². The Balaban J connectivity index is 0.000000868. The molecule has 11 heteroatoms. The Morgan fingerprint density at radius 2 is 1.91 bits per heavy atom. The maximum atomic E-state index is 10.8. The van der Waals surface area contributed by atoms with E-state index in [2.05, 4.69) is 16.7 Å². The summed E-state index contributed by atoms with van der Waals surface area (Å²) in [6.45, 7) is 4.95. The zero-order chi connectivity index (χ0) is 24.2. The van der Waals surface area contributed by atoms with E-state index >= 15 is 0 Å². The summed E-state index contributed by atoms with van der Waals surface area (Å²) in [5.74, 6) is 2.13. The monoisotopic (exact) mass is 503 g/mol. The van der Waals surface area contributed by atoms with Gasteiger partial charge in [-0.05, 0) is 56.1 Å². The Labute approximate surface area is 205 Å². The number of aliphatic hydroxyl groups excluding tert-OH is 2. The van der Waals surface area contributed by atoms with Crippen molar-refractivity contribution in [2.75, 3.05) is 23.8 Å². The molecule has 5 rings (SSSR count). The van der Waals surface area contributed by atoms with Gasteiger partial charge in [-0.1, -0.05) is 19.1 Å². The van der Waals surface area contributed by atoms with Gasteiger partial charge in [-0.2, -0.15) is 13.4 Å². The molecule has 34 heavy (non-hydrogen) atoms. The first-order chi connectivity index (χ1) is 16.4. The van der Waals surface area contributed by atoms with Gasteiger partial charge in [0.15, 0.2) is 0 Å². The Hall–Kier alpha value is -2.47. The van der Waals surface area contributed by atoms with E-state index in [-0.39, 0.29) is 24.5 Å². The molecular weight excluding hydrogens is 474 g/mol. The van der Waals surface area contributed by atoms with Crippen LogP contribution in [0.15, 0.2) is 24.3 Å². The number of aliphatic hydroxyl groups is 2. The number of aryl methyl sites for hydroxylation is 1. The van der Waals surface area contributed by atoms with Crippen LogP contribution in [0.25, 0.3) is 20.8 Å². The largest absolute Gasteiger partial charge is 0.396 e. The molecule has 0 unspecified atom stereocenters. The van der Waals surface area contributed by atoms with Crippen molar-refractivity contribution in [2.24, 2.45) is 17.8 Å². The zero-order valence-electron chi connectivity index (χ0n) is 19.1. The molecule has 9 nitrogen and oxygen atoms in total. The van der Waals surface area contributed by atoms with Crippen LogP contribution in [0.2, 0.25) is 0 Å². The number of nitrogens with one attached hydrogen (secondary N) is 2. The summed E-state index contributed by atoms with van der Waals surface area (Å²) in [6, 6.07) is 7.91. The van der Waals surface area contributed by atoms with Gasteiger partial charge >= 0.3 is 11.6 Å². The minimum Gasteiger partial charge on any atom is -0.396 e. The summed E-state index contributed by atoms with van der Waals surface area (Å²) in [6.07, 6.45) is 2.68. The van der Waals surface area contributed by atoms with Crippen molar-refractivity contribution >= 4 is 44.9 Å². The van der Waals surface area contributed by atoms with Crippen molar-refractivity contribution in [3.05, 3.63) is 30.0 Å². The quantitative estimate of drug-likeness (QED) is 0.383. The molecule has 0 amide bonds. The average molecular weight is 504 g/mol. The number of hydrogen-bond donors (Lipinski definition) is 4. The molecule has 0 aliphatic heterocycles. The van der Waals surface area contributed by atoms with Crippen molar-refractivity contribution in [3.8, 4) is 10.6 Å². The van der Waals surface area contributed by atoms with Crippen LogP contribution in [-0.4, -0.2) is 58.9 Å². The van der Waals surface area contributed by atoms with E-state index in [0.717, 1.165) is 33.0 Å². The van der Waals surface area contributed by atoms with E-state index in [4.69, 9.17) is 23.4 Å². The molecule has 2 saturated carbocycles. The fourth-order valence-corrected chi connectivity index (χ4v) is 5.50. The Morgan fingerprint density at radius 1 is 1.18 bits per heavy atom. The maximum Gasteiger partial charge on any atom is 0.335 e. The number of para-hydroxylation sites is 1. The first kappa shape index (κ1) is 24.6. The number of hydrogen-bond acceptors (Lipinski definition) is 10. The Morgan fingerprint density at radius 3 is 2.56 bits per heavy atom. The first-order valence-electron chi connectivity index (χ1n) is 11.4. The van der Waals surface area contributed by atoms with Crippen LogP contribution < -0.4 is 10.6 Å². The molecule has 2 fully saturated rings. The van der Waals surface area contributed by atoms with Crippen molar-refractivity contribution in [1.29, 1.82) is 0 Å². The van der Waals surface area contributed by atoms with Crippen LogP contribution in [0.1, 0.15) is 31.9 Å². The van der Waals surface area contributed by atoms with Crippen LogP contribution >= 0.6 is 11.3 Å². The van der Waals surface area contributed by atoms with Gasteiger partial charge in [0.25, 0.3) is 0 Å². The van der Waals surface area contributed by atoms with E-state index in [1.807, 2.05) is 32.0 Å². The summed E-state index contributed by atoms with van der Waals surface area (Å²) in [5, 5.41) is 28.2. The summed E-state index contributed by atoms with van der Waals surface area (Å²) in [4.78, 5) is 14.4. The second kappa shape index (κ2) is 10.9. The van der Waals surface area contributed by atoms with Gasteiger partial charge in [0.1, 0.15) is 10.8 Å². The van der Waals surface area contributed by atoms with Crippen LogP contribution in [0.5, 0.6) is 0 Å². The lowest BCUT2D eigenvalue weighted by molar-refractivity contribution is 0.103. The van der Waals surface area contributed by atoms with Gasteiger partial charge in [-0.3, -0.25) is 0 Å². The van der Waals surface area contributed by atoms with E-state index in [9.17, 15) is 10.2 Å². The van der Waals surface area contributed by atoms with Crippen LogP contribution in [-0.2, 0) is 11.6 Å². The normalized spacial score (nSPS) is 23.9. The number of rotatable bonds is 7. The van der Waals surface area contributed by atoms with Crippen molar-refractivity contribution in [2.45, 2.75) is 45.3 Å². The third kappa shape index (κ3) is 5.43. The van der Waals surface area contributed by atoms with Crippen molar-refractivity contribution in [3.63, 3.8) is 0 Å². The van der Waals surface area contributed by atoms with Gasteiger partial charge in [-0.25, -0.2) is 9.97 Å². The lowest BCUT2D eigenvalue weighted by Gasteiger charge is -2.21. The molecular formula is C23H29N5O4S2. The van der Waals surface area contributed by atoms with Crippen molar-refractivity contribution < 1.29 is 18.6 Å². The minimum absolute atomic E-state index is 0.0313. The van der Waals surface area contributed by atoms with Gasteiger partial charge < -0.3 is 20.8 Å². The highest BCUT2D eigenvalue weighted by molar-refractivity contribution is 7.51. The summed E-state index contributed by atoms with van der Waals surface area (Å²) in [5.41, 5.74) is 2.69. The summed E-state index contributed by atoms with van der Waals surface area (Å²) < 4.78 is 17.7. The number of fused-ring (bicyclic) bond motifs is 1. The SMILES string of the molecule is Cc1nc(NCC2CC2)nc(N[C@@H]2C[C@H](CO)[C@H](C)[C@H]2O)c1-c1nc2ccccc2s1.O=S=O. The fourth-order valence-electron chi connectivity index (χ4n) is 4.44. The zero-order valence-corrected chi connectivity index (χ0v) is 20.7. The molecule has 0 saturated heterocycles. The second-order valence-electron chi connectivity index (χ2n) is 9.01. The molecule has 4 atom stereocenters. The first-order valence-corrected chi connectivity index (χ1v) is 12.9. The summed E-state index contributed by atoms with van der Waals surface area (Å²) in [7, 11) is 0. The number of aromatic nitrogens is 3. The number of benzene rings is 1. The molecule has 2 heterocycles. The van der Waals surface area contributed by atoms with Crippen LogP contribution in [0, 0.1) is 24.7 Å². The van der Waals surface area contributed by atoms with E-state index in [1.165, 1.54) is 12.8 Å². The highest BCUT2D eigenvalue weighted by Crippen LogP contribution is 2.39. The molecule has 2 aliphatic carbocycles. The Bertz CT molecular complexity index is 1150. The lowest BCUT2D eigenvalue weighted by atomic mass is 9.98. The standard InChI is InChI=1S/C23H29N5O2S.O2S/c1-12-15(11-29)9-17(20(12)30)26-21-19(22-27-16-5-3-4-6-18(16)31-22)13(2)25-23(28-21)24-10-14-7-8-14;1-3-2/h3-6,12,14-15,17,20,29-30H,7-11H2,1-2H3,(H2,24,25,26,28);/t12-,15+,17+,20+;/m0./s1. The molecule has 0 bridgehead atoms. The molecule has 4 N–H and O–H groups in total. The smallest absolute Gasteiger partial charge is 0.335 e. The second-order valence-corrected chi connectivity index (χ2v) is 10.2. The van der Waals surface area contributed by atoms with Gasteiger partial charge in [0.05, 0.1) is 33.6 Å². The minimum atomic E-state index is -0.750. The maximum absolute atomic E-state index is 10.8. The predicted molar refractivity (Wildman–Crippen MR) is 133 cm³/mol. The molecule has 1 aromatic carbocycles.